The molecular weight excluding hydrogens is 601 g/mol. The molecule has 7 atom stereocenters. The number of aliphatic hydroxyl groups excluding tert-OH is 2. The van der Waals surface area contributed by atoms with Crippen molar-refractivity contribution in [2.45, 2.75) is 67.5 Å². The number of nitrogens with one attached hydrogen (secondary N) is 2. The van der Waals surface area contributed by atoms with Gasteiger partial charge in [-0.05, 0) is 62.1 Å². The number of sulfone groups is 1. The van der Waals surface area contributed by atoms with Crippen molar-refractivity contribution >= 4 is 38.9 Å². The van der Waals surface area contributed by atoms with E-state index >= 15 is 0 Å². The highest BCUT2D eigenvalue weighted by molar-refractivity contribution is 7.92. The minimum atomic E-state index is -4.15. The molecule has 5 N–H and O–H groups in total. The summed E-state index contributed by atoms with van der Waals surface area (Å²) >= 11 is 6.26. The molecule has 230 valence electrons. The summed E-state index contributed by atoms with van der Waals surface area (Å²) in [5.74, 6) is -7.35. The van der Waals surface area contributed by atoms with Gasteiger partial charge in [-0.15, -0.1) is 0 Å². The van der Waals surface area contributed by atoms with E-state index in [2.05, 4.69) is 10.6 Å². The van der Waals surface area contributed by atoms with Crippen LogP contribution in [0.2, 0.25) is 5.02 Å². The van der Waals surface area contributed by atoms with Crippen LogP contribution in [0.3, 0.4) is 0 Å². The van der Waals surface area contributed by atoms with Crippen LogP contribution in [-0.4, -0.2) is 65.2 Å². The van der Waals surface area contributed by atoms with Gasteiger partial charge in [-0.2, -0.15) is 0 Å². The van der Waals surface area contributed by atoms with Crippen LogP contribution >= 0.6 is 11.6 Å². The van der Waals surface area contributed by atoms with Gasteiger partial charge in [0, 0.05) is 29.9 Å². The van der Waals surface area contributed by atoms with E-state index in [1.54, 1.807) is 0 Å². The number of halogens is 4. The topological polar surface area (TPSA) is 153 Å². The molecule has 0 aromatic heterocycles. The van der Waals surface area contributed by atoms with Crippen molar-refractivity contribution in [1.29, 1.82) is 0 Å². The van der Waals surface area contributed by atoms with E-state index < -0.39 is 74.0 Å². The minimum Gasteiger partial charge on any atom is -0.391 e. The van der Waals surface area contributed by atoms with Crippen LogP contribution in [0.1, 0.15) is 49.9 Å². The summed E-state index contributed by atoms with van der Waals surface area (Å²) in [7, 11) is -4.15. The number of aliphatic hydroxyl groups is 3. The van der Waals surface area contributed by atoms with E-state index in [0.717, 1.165) is 6.07 Å². The number of rotatable bonds is 9. The van der Waals surface area contributed by atoms with Gasteiger partial charge in [0.15, 0.2) is 27.3 Å². The molecule has 9 nitrogen and oxygen atoms in total. The molecule has 2 amide bonds. The summed E-state index contributed by atoms with van der Waals surface area (Å²) < 4.78 is 68.0. The molecule has 2 fully saturated rings. The number of hydrogen-bond donors (Lipinski definition) is 5. The van der Waals surface area contributed by atoms with Gasteiger partial charge >= 0.3 is 0 Å². The molecule has 2 aliphatic rings. The monoisotopic (exact) mass is 632 g/mol. The Labute approximate surface area is 246 Å². The molecule has 2 aromatic carbocycles. The zero-order valence-corrected chi connectivity index (χ0v) is 24.4. The van der Waals surface area contributed by atoms with Gasteiger partial charge in [0.05, 0.1) is 39.4 Å². The molecule has 0 radical (unpaired) electrons. The number of anilines is 1. The molecule has 5 unspecified atom stereocenters. The molecule has 0 aliphatic heterocycles. The summed E-state index contributed by atoms with van der Waals surface area (Å²) in [4.78, 5) is 25.0. The lowest BCUT2D eigenvalue weighted by Crippen LogP contribution is -2.52. The Morgan fingerprint density at radius 2 is 1.74 bits per heavy atom. The maximum Gasteiger partial charge on any atom is 0.255 e. The molecule has 2 saturated carbocycles. The van der Waals surface area contributed by atoms with Crippen LogP contribution < -0.4 is 10.6 Å². The molecule has 2 aliphatic carbocycles. The van der Waals surface area contributed by atoms with Crippen molar-refractivity contribution in [3.8, 4) is 0 Å². The Kier molecular flexibility index (Phi) is 9.29. The largest absolute Gasteiger partial charge is 0.391 e. The lowest BCUT2D eigenvalue weighted by atomic mass is 9.71. The van der Waals surface area contributed by atoms with Gasteiger partial charge in [-0.3, -0.25) is 9.59 Å². The average molecular weight is 633 g/mol. The molecule has 4 rings (SSSR count). The average Bonchev–Trinajstić information content (AvgIpc) is 3.02. The fraction of sp³-hybridized carbons (Fsp3) is 0.500. The first-order valence-corrected chi connectivity index (χ1v) is 15.3. The Balaban J connectivity index is 1.52. The number of hydrogen-bond acceptors (Lipinski definition) is 7. The van der Waals surface area contributed by atoms with Gasteiger partial charge < -0.3 is 26.0 Å². The van der Waals surface area contributed by atoms with E-state index in [9.17, 15) is 46.5 Å². The highest BCUT2D eigenvalue weighted by Gasteiger charge is 2.59. The van der Waals surface area contributed by atoms with Crippen molar-refractivity contribution in [2.75, 3.05) is 11.9 Å². The molecule has 42 heavy (non-hydrogen) atoms. The number of carbonyl (C=O) groups excluding carboxylic acids is 2. The Bertz CT molecular complexity index is 1470. The van der Waals surface area contributed by atoms with Gasteiger partial charge in [-0.25, -0.2) is 21.6 Å². The van der Waals surface area contributed by atoms with Crippen molar-refractivity contribution in [3.05, 3.63) is 58.4 Å². The number of carbonyl (C=O) groups is 2. The van der Waals surface area contributed by atoms with Crippen molar-refractivity contribution in [1.82, 2.24) is 5.32 Å². The van der Waals surface area contributed by atoms with Crippen LogP contribution in [0, 0.1) is 35.2 Å². The number of amides is 2. The first-order valence-electron chi connectivity index (χ1n) is 13.4. The van der Waals surface area contributed by atoms with Crippen LogP contribution in [-0.2, 0) is 14.6 Å². The van der Waals surface area contributed by atoms with Crippen molar-refractivity contribution in [3.63, 3.8) is 0 Å². The minimum absolute atomic E-state index is 0.0287. The summed E-state index contributed by atoms with van der Waals surface area (Å²) in [6, 6.07) is 4.65. The third-order valence-electron chi connectivity index (χ3n) is 8.45. The highest BCUT2D eigenvalue weighted by Crippen LogP contribution is 2.56. The van der Waals surface area contributed by atoms with Crippen LogP contribution in [0.25, 0.3) is 0 Å². The maximum atomic E-state index is 13.8. The second kappa shape index (κ2) is 12.1. The number of benzene rings is 2. The van der Waals surface area contributed by atoms with Crippen molar-refractivity contribution in [2.24, 2.45) is 17.8 Å². The Morgan fingerprint density at radius 1 is 1.10 bits per heavy atom. The maximum absolute atomic E-state index is 13.8. The van der Waals surface area contributed by atoms with Crippen molar-refractivity contribution < 1.29 is 46.5 Å². The molecule has 14 heteroatoms. The fourth-order valence-electron chi connectivity index (χ4n) is 6.16. The summed E-state index contributed by atoms with van der Waals surface area (Å²) in [5, 5.41) is 34.3. The third kappa shape index (κ3) is 6.30. The zero-order valence-electron chi connectivity index (χ0n) is 22.8. The molecule has 0 heterocycles. The van der Waals surface area contributed by atoms with Crippen LogP contribution in [0.5, 0.6) is 0 Å². The second-order valence-corrected chi connectivity index (χ2v) is 13.9. The summed E-state index contributed by atoms with van der Waals surface area (Å²) in [6.07, 6.45) is -1.99. The van der Waals surface area contributed by atoms with E-state index in [0.29, 0.717) is 18.6 Å². The molecular formula is C28H32ClF3N2O7S. The van der Waals surface area contributed by atoms with E-state index in [1.165, 1.54) is 19.1 Å². The summed E-state index contributed by atoms with van der Waals surface area (Å²) in [5.41, 5.74) is -2.03. The lowest BCUT2D eigenvalue weighted by molar-refractivity contribution is -0.134. The lowest BCUT2D eigenvalue weighted by Gasteiger charge is -2.42. The first-order chi connectivity index (χ1) is 19.5. The van der Waals surface area contributed by atoms with Gasteiger partial charge in [0.1, 0.15) is 0 Å². The highest BCUT2D eigenvalue weighted by atomic mass is 35.5. The van der Waals surface area contributed by atoms with Gasteiger partial charge in [-0.1, -0.05) is 18.5 Å². The van der Waals surface area contributed by atoms with Gasteiger partial charge in [0.2, 0.25) is 5.91 Å². The number of fused-ring (bicyclic) bond motifs is 2. The smallest absolute Gasteiger partial charge is 0.255 e. The quantitative estimate of drug-likeness (QED) is 0.266. The zero-order chi connectivity index (χ0) is 31.1. The SMILES string of the molecule is CC(O)C(O)CNC(=O)C[C@@]1(O)C2CC(S(=O)(=O)c3cc(C(=O)Nc4cc(F)c(F)c(F)c4)ccc3Cl)CC1[C@@H](C)C2. The molecule has 0 saturated heterocycles. The van der Waals surface area contributed by atoms with E-state index in [4.69, 9.17) is 11.6 Å². The summed E-state index contributed by atoms with van der Waals surface area (Å²) in [6.45, 7) is 3.04. The normalized spacial score (nSPS) is 26.9. The predicted molar refractivity (Wildman–Crippen MR) is 147 cm³/mol. The van der Waals surface area contributed by atoms with Crippen LogP contribution in [0.4, 0.5) is 18.9 Å². The Morgan fingerprint density at radius 3 is 2.33 bits per heavy atom. The van der Waals surface area contributed by atoms with Gasteiger partial charge in [0.25, 0.3) is 5.91 Å². The molecule has 2 aromatic rings. The predicted octanol–water partition coefficient (Wildman–Crippen LogP) is 3.20. The molecule has 0 spiro atoms. The first kappa shape index (κ1) is 32.2. The third-order valence-corrected chi connectivity index (χ3v) is 11.1. The molecule has 2 bridgehead atoms. The Hall–Kier alpha value is -2.71. The van der Waals surface area contributed by atoms with E-state index in [1.807, 2.05) is 6.92 Å². The second-order valence-electron chi connectivity index (χ2n) is 11.3. The van der Waals surface area contributed by atoms with E-state index in [-0.39, 0.29) is 52.9 Å². The standard InChI is InChI=1S/C28H32ClF3N2O7S/c1-13-5-16-7-18(10-19(13)28(16,39)11-25(37)33-12-23(36)14(2)35)42(40,41)24-6-15(3-4-20(24)29)27(38)34-17-8-21(30)26(32)22(31)9-17/h3-4,6,8-9,13-14,16,18-19,23,35-36,39H,5,7,10-12H2,1-2H3,(H,33,37)(H,34,38)/t13-,14?,16?,18?,19?,23?,28+/m0/s1. The fourth-order valence-corrected chi connectivity index (χ4v) is 8.53. The van der Waals surface area contributed by atoms with Crippen LogP contribution in [0.15, 0.2) is 35.2 Å².